The average molecular weight is 151 g/mol. The highest BCUT2D eigenvalue weighted by molar-refractivity contribution is 8.59. The lowest BCUT2D eigenvalue weighted by Crippen LogP contribution is -1.24. The van der Waals surface area contributed by atoms with Crippen molar-refractivity contribution < 1.29 is 0 Å². The zero-order valence-corrected chi connectivity index (χ0v) is 5.66. The van der Waals surface area contributed by atoms with E-state index < -0.39 is 0 Å². The second-order valence-electron chi connectivity index (χ2n) is 0.101. The van der Waals surface area contributed by atoms with Gasteiger partial charge in [-0.05, 0) is 0 Å². The van der Waals surface area contributed by atoms with Gasteiger partial charge in [-0.2, -0.15) is 0 Å². The molecule has 0 amide bonds. The Labute approximate surface area is 52.1 Å². The molecule has 0 aromatic rings. The molecule has 34 valence electrons. The Bertz CT molecular complexity index is 7.61. The Morgan fingerprint density at radius 1 is 1.20 bits per heavy atom. The average Bonchev–Trinajstić information content (AvgIpc) is 1.46. The number of alkyl halides is 2. The molecule has 0 rings (SSSR count). The van der Waals surface area contributed by atoms with Crippen LogP contribution in [0.3, 0.4) is 0 Å². The molecule has 0 fully saturated rings. The lowest BCUT2D eigenvalue weighted by molar-refractivity contribution is 2.20. The van der Waals surface area contributed by atoms with E-state index in [1.807, 2.05) is 0 Å². The van der Waals surface area contributed by atoms with Gasteiger partial charge in [0.15, 0.2) is 0 Å². The first-order valence-electron chi connectivity index (χ1n) is 0.735. The van der Waals surface area contributed by atoms with E-state index in [4.69, 9.17) is 23.2 Å². The van der Waals surface area contributed by atoms with E-state index in [0.717, 1.165) is 0 Å². The van der Waals surface area contributed by atoms with Gasteiger partial charge in [-0.15, -0.1) is 46.5 Å². The third-order valence-electron chi connectivity index (χ3n) is 0. The minimum atomic E-state index is 0.194. The van der Waals surface area contributed by atoms with Crippen LogP contribution in [0.2, 0.25) is 0 Å². The van der Waals surface area contributed by atoms with Gasteiger partial charge in [0.1, 0.15) is 0 Å². The number of thiol groups is 2. The minimum absolute atomic E-state index is 0.194. The second kappa shape index (κ2) is 18.6. The lowest BCUT2D eigenvalue weighted by Gasteiger charge is -1.42. The maximum absolute atomic E-state index is 4.76. The predicted molar refractivity (Wildman–Crippen MR) is 34.5 cm³/mol. The standard InChI is InChI=1S/CH2Cl2.H2S2/c2-1-3;1-2/h1H2;1-2H. The predicted octanol–water partition coefficient (Wildman–Crippen LogP) is 2.18. The van der Waals surface area contributed by atoms with E-state index in [1.54, 1.807) is 0 Å². The fourth-order valence-corrected chi connectivity index (χ4v) is 0. The normalized spacial score (nSPS) is 4.80. The van der Waals surface area contributed by atoms with Crippen LogP contribution in [-0.4, -0.2) is 5.34 Å². The molecule has 0 nitrogen and oxygen atoms in total. The van der Waals surface area contributed by atoms with Crippen LogP contribution in [0.5, 0.6) is 0 Å². The first-order chi connectivity index (χ1) is 2.41. The van der Waals surface area contributed by atoms with Gasteiger partial charge in [0.25, 0.3) is 0 Å². The van der Waals surface area contributed by atoms with Gasteiger partial charge >= 0.3 is 0 Å². The quantitative estimate of drug-likeness (QED) is 0.296. The Balaban J connectivity index is 0. The molecule has 0 aromatic heterocycles. The highest BCUT2D eigenvalue weighted by atomic mass is 35.5. The van der Waals surface area contributed by atoms with Crippen molar-refractivity contribution in [3.8, 4) is 0 Å². The maximum Gasteiger partial charge on any atom is 0.0967 e. The highest BCUT2D eigenvalue weighted by Gasteiger charge is 1.41. The van der Waals surface area contributed by atoms with Crippen molar-refractivity contribution in [2.24, 2.45) is 0 Å². The van der Waals surface area contributed by atoms with Crippen molar-refractivity contribution in [1.82, 2.24) is 0 Å². The van der Waals surface area contributed by atoms with Crippen molar-refractivity contribution >= 4 is 46.5 Å². The molecule has 0 N–H and O–H groups in total. The summed E-state index contributed by atoms with van der Waals surface area (Å²) in [4.78, 5) is 0. The topological polar surface area (TPSA) is 0 Å². The Morgan fingerprint density at radius 2 is 1.20 bits per heavy atom. The molecule has 0 aliphatic rings. The SMILES string of the molecule is ClCCl.SS. The molecule has 0 spiro atoms. The van der Waals surface area contributed by atoms with Gasteiger partial charge in [-0.1, -0.05) is 0 Å². The van der Waals surface area contributed by atoms with Gasteiger partial charge in [-0.25, -0.2) is 0 Å². The molecule has 0 aliphatic heterocycles. The van der Waals surface area contributed by atoms with Gasteiger partial charge in [0.2, 0.25) is 0 Å². The van der Waals surface area contributed by atoms with Crippen LogP contribution in [0.15, 0.2) is 0 Å². The summed E-state index contributed by atoms with van der Waals surface area (Å²) in [5, 5.41) is 0.194. The van der Waals surface area contributed by atoms with E-state index in [1.165, 1.54) is 0 Å². The third kappa shape index (κ3) is 34.7. The molecular weight excluding hydrogens is 147 g/mol. The lowest BCUT2D eigenvalue weighted by atomic mass is 11.9. The smallest absolute Gasteiger partial charge is 0.0967 e. The fourth-order valence-electron chi connectivity index (χ4n) is 0. The van der Waals surface area contributed by atoms with Crippen molar-refractivity contribution in [2.75, 3.05) is 5.34 Å². The Morgan fingerprint density at radius 3 is 1.20 bits per heavy atom. The van der Waals surface area contributed by atoms with Gasteiger partial charge in [0.05, 0.1) is 5.34 Å². The zero-order chi connectivity index (χ0) is 4.71. The molecule has 0 radical (unpaired) electrons. The van der Waals surface area contributed by atoms with Crippen LogP contribution in [0, 0.1) is 0 Å². The summed E-state index contributed by atoms with van der Waals surface area (Å²) in [6, 6.07) is 0. The molecule has 0 atom stereocenters. The summed E-state index contributed by atoms with van der Waals surface area (Å²) >= 11 is 16.0. The summed E-state index contributed by atoms with van der Waals surface area (Å²) in [5.41, 5.74) is 0. The van der Waals surface area contributed by atoms with Crippen molar-refractivity contribution in [2.45, 2.75) is 0 Å². The summed E-state index contributed by atoms with van der Waals surface area (Å²) < 4.78 is 0. The van der Waals surface area contributed by atoms with Crippen LogP contribution >= 0.6 is 46.5 Å². The Kier molecular flexibility index (Phi) is 35.6. The van der Waals surface area contributed by atoms with Crippen LogP contribution in [0.1, 0.15) is 0 Å². The molecule has 0 unspecified atom stereocenters. The van der Waals surface area contributed by atoms with E-state index in [9.17, 15) is 0 Å². The summed E-state index contributed by atoms with van der Waals surface area (Å²) in [7, 11) is 0. The highest BCUT2D eigenvalue weighted by Crippen LogP contribution is 1.73. The molecule has 0 saturated heterocycles. The fraction of sp³-hybridized carbons (Fsp3) is 1.00. The third-order valence-corrected chi connectivity index (χ3v) is 0. The van der Waals surface area contributed by atoms with E-state index in [0.29, 0.717) is 0 Å². The molecule has 0 heterocycles. The van der Waals surface area contributed by atoms with Crippen LogP contribution in [0.4, 0.5) is 0 Å². The van der Waals surface area contributed by atoms with Gasteiger partial charge in [0, 0.05) is 0 Å². The monoisotopic (exact) mass is 150 g/mol. The molecule has 0 aliphatic carbocycles. The molecule has 0 aromatic carbocycles. The van der Waals surface area contributed by atoms with Gasteiger partial charge in [-0.3, -0.25) is 0 Å². The van der Waals surface area contributed by atoms with Crippen LogP contribution in [-0.2, 0) is 0 Å². The second-order valence-corrected chi connectivity index (χ2v) is 0.909. The number of rotatable bonds is 0. The zero-order valence-electron chi connectivity index (χ0n) is 2.36. The van der Waals surface area contributed by atoms with E-state index in [2.05, 4.69) is 23.3 Å². The maximum atomic E-state index is 4.76. The molecule has 5 heavy (non-hydrogen) atoms. The molecular formula is CH4Cl2S2. The molecule has 0 bridgehead atoms. The number of halogens is 2. The molecule has 4 heteroatoms. The van der Waals surface area contributed by atoms with E-state index >= 15 is 0 Å². The summed E-state index contributed by atoms with van der Waals surface area (Å²) in [6.45, 7) is 0. The summed E-state index contributed by atoms with van der Waals surface area (Å²) in [5.74, 6) is 0. The number of hydrogen-bond donors (Lipinski definition) is 2. The largest absolute Gasteiger partial charge is 0.115 e. The first kappa shape index (κ1) is 9.56. The summed E-state index contributed by atoms with van der Waals surface area (Å²) in [6.07, 6.45) is 0. The van der Waals surface area contributed by atoms with Gasteiger partial charge < -0.3 is 0 Å². The first-order valence-corrected chi connectivity index (χ1v) is 3.40. The van der Waals surface area contributed by atoms with Crippen molar-refractivity contribution in [3.63, 3.8) is 0 Å². The number of hydrogen-bond acceptors (Lipinski definition) is 2. The van der Waals surface area contributed by atoms with E-state index in [-0.39, 0.29) is 5.34 Å². The minimum Gasteiger partial charge on any atom is -0.115 e. The van der Waals surface area contributed by atoms with Crippen LogP contribution in [0.25, 0.3) is 0 Å². The van der Waals surface area contributed by atoms with Crippen molar-refractivity contribution in [3.05, 3.63) is 0 Å². The molecule has 0 saturated carbocycles. The van der Waals surface area contributed by atoms with Crippen molar-refractivity contribution in [1.29, 1.82) is 0 Å². The van der Waals surface area contributed by atoms with Crippen LogP contribution < -0.4 is 0 Å². The Hall–Kier alpha value is 1.28.